The molecule has 0 aliphatic heterocycles. The molecule has 2 atom stereocenters. The molecule has 1 N–H and O–H groups in total. The molecule has 0 aromatic heterocycles. The Kier molecular flexibility index (Phi) is 7.81. The van der Waals surface area contributed by atoms with E-state index in [-0.39, 0.29) is 11.9 Å². The summed E-state index contributed by atoms with van der Waals surface area (Å²) in [5.41, 5.74) is 1.57. The van der Waals surface area contributed by atoms with Crippen LogP contribution in [0.1, 0.15) is 43.5 Å². The Hall–Kier alpha value is -2.38. The van der Waals surface area contributed by atoms with Gasteiger partial charge in [0, 0.05) is 7.05 Å². The van der Waals surface area contributed by atoms with Crippen molar-refractivity contribution in [2.24, 2.45) is 5.92 Å². The number of rotatable bonds is 9. The maximum atomic E-state index is 13.3. The van der Waals surface area contributed by atoms with Crippen molar-refractivity contribution in [3.05, 3.63) is 65.7 Å². The summed E-state index contributed by atoms with van der Waals surface area (Å²) >= 11 is 0. The number of amides is 1. The third-order valence-electron chi connectivity index (χ3n) is 4.79. The number of sulfonamides is 1. The van der Waals surface area contributed by atoms with Gasteiger partial charge in [-0.1, -0.05) is 56.3 Å². The second-order valence-electron chi connectivity index (χ2n) is 7.56. The number of benzene rings is 2. The van der Waals surface area contributed by atoms with Crippen LogP contribution in [-0.2, 0) is 14.8 Å². The van der Waals surface area contributed by atoms with E-state index < -0.39 is 16.1 Å². The minimum absolute atomic E-state index is 0.243. The predicted molar refractivity (Wildman–Crippen MR) is 115 cm³/mol. The van der Waals surface area contributed by atoms with Crippen LogP contribution in [0, 0.1) is 5.92 Å². The fourth-order valence-electron chi connectivity index (χ4n) is 3.19. The van der Waals surface area contributed by atoms with Crippen molar-refractivity contribution in [3.8, 4) is 5.75 Å². The van der Waals surface area contributed by atoms with E-state index in [1.54, 1.807) is 31.4 Å². The molecule has 158 valence electrons. The van der Waals surface area contributed by atoms with Crippen LogP contribution in [0.3, 0.4) is 0 Å². The molecule has 0 aliphatic carbocycles. The van der Waals surface area contributed by atoms with Gasteiger partial charge in [-0.3, -0.25) is 4.79 Å². The van der Waals surface area contributed by atoms with Gasteiger partial charge in [0.2, 0.25) is 15.9 Å². The first-order chi connectivity index (χ1) is 13.6. The highest BCUT2D eigenvalue weighted by atomic mass is 32.2. The van der Waals surface area contributed by atoms with Crippen molar-refractivity contribution >= 4 is 15.9 Å². The normalized spacial score (nSPS) is 13.9. The summed E-state index contributed by atoms with van der Waals surface area (Å²) in [5, 5.41) is 3.07. The zero-order chi connectivity index (χ0) is 21.6. The lowest BCUT2D eigenvalue weighted by Crippen LogP contribution is -2.42. The summed E-state index contributed by atoms with van der Waals surface area (Å²) in [6.07, 6.45) is 1.83. The highest BCUT2D eigenvalue weighted by molar-refractivity contribution is 7.88. The van der Waals surface area contributed by atoms with E-state index in [1.807, 2.05) is 30.3 Å². The van der Waals surface area contributed by atoms with E-state index in [2.05, 4.69) is 19.2 Å². The lowest BCUT2D eigenvalue weighted by molar-refractivity contribution is -0.125. The number of nitrogens with zero attached hydrogens (tertiary/aromatic N) is 1. The summed E-state index contributed by atoms with van der Waals surface area (Å²) < 4.78 is 30.7. The number of methoxy groups -OCH3 is 1. The second kappa shape index (κ2) is 9.89. The van der Waals surface area contributed by atoms with Crippen molar-refractivity contribution in [1.29, 1.82) is 0 Å². The topological polar surface area (TPSA) is 75.7 Å². The Balaban J connectivity index is 2.36. The van der Waals surface area contributed by atoms with Gasteiger partial charge in [-0.2, -0.15) is 4.31 Å². The second-order valence-corrected chi connectivity index (χ2v) is 9.60. The van der Waals surface area contributed by atoms with Crippen LogP contribution in [0.2, 0.25) is 0 Å². The lowest BCUT2D eigenvalue weighted by atomic mass is 9.96. The minimum atomic E-state index is -3.57. The standard InChI is InChI=1S/C22H30N2O4S/c1-16(2)15-20(17-11-13-19(28-4)14-12-17)23-22(25)21(24(3)29(5,26)27)18-9-7-6-8-10-18/h6-14,16,20-21H,15H2,1-5H3,(H,23,25)/t20-,21+/m1/s1. The Morgan fingerprint density at radius 3 is 2.10 bits per heavy atom. The molecule has 0 fully saturated rings. The van der Waals surface area contributed by atoms with Crippen LogP contribution in [-0.4, -0.2) is 39.0 Å². The van der Waals surface area contributed by atoms with E-state index in [9.17, 15) is 13.2 Å². The maximum Gasteiger partial charge on any atom is 0.243 e. The highest BCUT2D eigenvalue weighted by Gasteiger charge is 2.32. The molecule has 0 saturated carbocycles. The molecule has 0 heterocycles. The van der Waals surface area contributed by atoms with E-state index >= 15 is 0 Å². The Labute approximate surface area is 173 Å². The minimum Gasteiger partial charge on any atom is -0.497 e. The monoisotopic (exact) mass is 418 g/mol. The molecule has 0 saturated heterocycles. The van der Waals surface area contributed by atoms with Gasteiger partial charge < -0.3 is 10.1 Å². The van der Waals surface area contributed by atoms with Gasteiger partial charge in [-0.15, -0.1) is 0 Å². The summed E-state index contributed by atoms with van der Waals surface area (Å²) in [7, 11) is -0.539. The zero-order valence-electron chi connectivity index (χ0n) is 17.6. The molecular formula is C22H30N2O4S. The molecule has 0 bridgehead atoms. The van der Waals surface area contributed by atoms with Gasteiger partial charge in [0.25, 0.3) is 0 Å². The number of carbonyl (C=O) groups is 1. The number of ether oxygens (including phenoxy) is 1. The van der Waals surface area contributed by atoms with Crippen molar-refractivity contribution in [3.63, 3.8) is 0 Å². The summed E-state index contributed by atoms with van der Waals surface area (Å²) in [6.45, 7) is 4.17. The molecular weight excluding hydrogens is 388 g/mol. The molecule has 6 nitrogen and oxygen atoms in total. The van der Waals surface area contributed by atoms with Gasteiger partial charge in [-0.25, -0.2) is 8.42 Å². The van der Waals surface area contributed by atoms with Gasteiger partial charge in [0.1, 0.15) is 11.8 Å². The Morgan fingerprint density at radius 1 is 1.03 bits per heavy atom. The number of hydrogen-bond acceptors (Lipinski definition) is 4. The average Bonchev–Trinajstić information content (AvgIpc) is 2.67. The molecule has 0 radical (unpaired) electrons. The molecule has 7 heteroatoms. The Morgan fingerprint density at radius 2 is 1.62 bits per heavy atom. The van der Waals surface area contributed by atoms with Crippen LogP contribution < -0.4 is 10.1 Å². The zero-order valence-corrected chi connectivity index (χ0v) is 18.4. The SMILES string of the molecule is COc1ccc([C@@H](CC(C)C)NC(=O)[C@H](c2ccccc2)N(C)S(C)(=O)=O)cc1. The van der Waals surface area contributed by atoms with Gasteiger partial charge >= 0.3 is 0 Å². The first-order valence-corrected chi connectivity index (χ1v) is 11.4. The maximum absolute atomic E-state index is 13.3. The highest BCUT2D eigenvalue weighted by Crippen LogP contribution is 2.27. The molecule has 2 aromatic rings. The van der Waals surface area contributed by atoms with Crippen molar-refractivity contribution in [1.82, 2.24) is 9.62 Å². The molecule has 1 amide bonds. The molecule has 0 spiro atoms. The first kappa shape index (κ1) is 22.9. The van der Waals surface area contributed by atoms with Crippen LogP contribution in [0.15, 0.2) is 54.6 Å². The van der Waals surface area contributed by atoms with Crippen LogP contribution >= 0.6 is 0 Å². The summed E-state index contributed by atoms with van der Waals surface area (Å²) in [5.74, 6) is 0.721. The molecule has 0 unspecified atom stereocenters. The van der Waals surface area contributed by atoms with E-state index in [0.29, 0.717) is 11.5 Å². The number of carbonyl (C=O) groups excluding carboxylic acids is 1. The van der Waals surface area contributed by atoms with Crippen LogP contribution in [0.4, 0.5) is 0 Å². The third kappa shape index (κ3) is 6.30. The number of nitrogens with one attached hydrogen (secondary N) is 1. The summed E-state index contributed by atoms with van der Waals surface area (Å²) in [4.78, 5) is 13.3. The molecule has 0 aliphatic rings. The third-order valence-corrected chi connectivity index (χ3v) is 6.05. The van der Waals surface area contributed by atoms with E-state index in [4.69, 9.17) is 4.74 Å². The summed E-state index contributed by atoms with van der Waals surface area (Å²) in [6, 6.07) is 15.3. The van der Waals surface area contributed by atoms with E-state index in [1.165, 1.54) is 7.05 Å². The van der Waals surface area contributed by atoms with Gasteiger partial charge in [0.05, 0.1) is 19.4 Å². The first-order valence-electron chi connectivity index (χ1n) is 9.55. The predicted octanol–water partition coefficient (Wildman–Crippen LogP) is 3.53. The molecule has 29 heavy (non-hydrogen) atoms. The van der Waals surface area contributed by atoms with Gasteiger partial charge in [0.15, 0.2) is 0 Å². The largest absolute Gasteiger partial charge is 0.497 e. The van der Waals surface area contributed by atoms with E-state index in [0.717, 1.165) is 28.3 Å². The molecule has 2 rings (SSSR count). The fourth-order valence-corrected chi connectivity index (χ4v) is 3.79. The quantitative estimate of drug-likeness (QED) is 0.676. The number of hydrogen-bond donors (Lipinski definition) is 1. The van der Waals surface area contributed by atoms with Crippen molar-refractivity contribution < 1.29 is 17.9 Å². The van der Waals surface area contributed by atoms with Crippen LogP contribution in [0.5, 0.6) is 5.75 Å². The van der Waals surface area contributed by atoms with Crippen molar-refractivity contribution in [2.45, 2.75) is 32.4 Å². The smallest absolute Gasteiger partial charge is 0.243 e. The number of likely N-dealkylation sites (N-methyl/N-ethyl adjacent to an activating group) is 1. The van der Waals surface area contributed by atoms with Crippen molar-refractivity contribution in [2.75, 3.05) is 20.4 Å². The molecule has 2 aromatic carbocycles. The van der Waals surface area contributed by atoms with Gasteiger partial charge in [-0.05, 0) is 35.6 Å². The fraction of sp³-hybridized carbons (Fsp3) is 0.409. The van der Waals surface area contributed by atoms with Crippen LogP contribution in [0.25, 0.3) is 0 Å². The lowest BCUT2D eigenvalue weighted by Gasteiger charge is -2.29. The average molecular weight is 419 g/mol. The Bertz CT molecular complexity index is 896.